The van der Waals surface area contributed by atoms with Crippen molar-refractivity contribution in [3.8, 4) is 32.8 Å². The molecule has 6 nitrogen and oxygen atoms in total. The van der Waals surface area contributed by atoms with Crippen LogP contribution in [0.15, 0.2) is 42.6 Å². The van der Waals surface area contributed by atoms with Crippen molar-refractivity contribution in [2.45, 2.75) is 45.3 Å². The molecular formula is C25H25N3O3S. The van der Waals surface area contributed by atoms with E-state index in [1.165, 1.54) is 5.56 Å². The van der Waals surface area contributed by atoms with E-state index in [2.05, 4.69) is 28.5 Å². The van der Waals surface area contributed by atoms with Crippen molar-refractivity contribution in [1.82, 2.24) is 10.3 Å². The maximum Gasteiger partial charge on any atom is 0.222 e. The normalized spacial score (nSPS) is 14.8. The highest BCUT2D eigenvalue weighted by Crippen LogP contribution is 2.41. The van der Waals surface area contributed by atoms with Crippen molar-refractivity contribution in [3.63, 3.8) is 0 Å². The first-order valence-corrected chi connectivity index (χ1v) is 11.5. The summed E-state index contributed by atoms with van der Waals surface area (Å²) in [6.07, 6.45) is 3.71. The Morgan fingerprint density at radius 2 is 2.22 bits per heavy atom. The first-order valence-electron chi connectivity index (χ1n) is 10.7. The van der Waals surface area contributed by atoms with Crippen LogP contribution in [0.2, 0.25) is 0 Å². The molecule has 7 heteroatoms. The molecule has 0 radical (unpaired) electrons. The van der Waals surface area contributed by atoms with E-state index in [-0.39, 0.29) is 31.1 Å². The molecule has 4 rings (SSSR count). The molecule has 0 saturated heterocycles. The minimum atomic E-state index is -0.146. The molecule has 0 unspecified atom stereocenters. The third-order valence-corrected chi connectivity index (χ3v) is 6.51. The Bertz CT molecular complexity index is 1180. The van der Waals surface area contributed by atoms with Crippen LogP contribution in [0, 0.1) is 11.3 Å². The summed E-state index contributed by atoms with van der Waals surface area (Å²) in [5.41, 5.74) is 4.87. The second-order valence-electron chi connectivity index (χ2n) is 8.02. The number of aliphatic hydroxyl groups excluding tert-OH is 1. The van der Waals surface area contributed by atoms with Gasteiger partial charge in [0.25, 0.3) is 0 Å². The summed E-state index contributed by atoms with van der Waals surface area (Å²) in [5.74, 6) is 0.451. The lowest BCUT2D eigenvalue weighted by Gasteiger charge is -2.14. The van der Waals surface area contributed by atoms with Crippen molar-refractivity contribution < 1.29 is 14.6 Å². The lowest BCUT2D eigenvalue weighted by molar-refractivity contribution is -0.122. The van der Waals surface area contributed by atoms with Gasteiger partial charge in [-0.1, -0.05) is 18.2 Å². The number of aromatic nitrogens is 1. The lowest BCUT2D eigenvalue weighted by Crippen LogP contribution is -2.27. The van der Waals surface area contributed by atoms with Crippen molar-refractivity contribution in [2.24, 2.45) is 0 Å². The van der Waals surface area contributed by atoms with Gasteiger partial charge < -0.3 is 15.2 Å². The van der Waals surface area contributed by atoms with E-state index < -0.39 is 0 Å². The summed E-state index contributed by atoms with van der Waals surface area (Å²) in [5, 5.41) is 22.4. The van der Waals surface area contributed by atoms with Gasteiger partial charge >= 0.3 is 0 Å². The van der Waals surface area contributed by atoms with Crippen molar-refractivity contribution >= 4 is 17.2 Å². The molecule has 1 aliphatic rings. The van der Waals surface area contributed by atoms with Gasteiger partial charge in [-0.05, 0) is 61.6 Å². The Balaban J connectivity index is 1.61. The second kappa shape index (κ2) is 9.51. The average Bonchev–Trinajstić information content (AvgIpc) is 3.41. The van der Waals surface area contributed by atoms with Gasteiger partial charge in [0.05, 0.1) is 29.2 Å². The number of hydrogen-bond donors (Lipinski definition) is 2. The van der Waals surface area contributed by atoms with E-state index in [1.807, 2.05) is 44.3 Å². The van der Waals surface area contributed by atoms with Crippen molar-refractivity contribution in [3.05, 3.63) is 59.3 Å². The SMILES string of the molecule is CC(C)Oc1ccc(-c2ncc(-c3cccc4c3CC[C@H]4NC(=O)CCO)s2)cc1C#N. The van der Waals surface area contributed by atoms with Gasteiger partial charge in [-0.25, -0.2) is 4.98 Å². The maximum absolute atomic E-state index is 11.9. The summed E-state index contributed by atoms with van der Waals surface area (Å²) in [6.45, 7) is 3.72. The standard InChI is InChI=1S/C25H25N3O3S/c1-15(2)31-22-9-6-16(12-17(22)13-26)25-27-14-23(32-25)20-5-3-4-19-18(20)7-8-21(19)28-24(30)10-11-29/h3-6,9,12,14-15,21,29H,7-8,10-11H2,1-2H3,(H,28,30)/t21-/m1/s1. The molecule has 164 valence electrons. The predicted octanol–water partition coefficient (Wildman–Crippen LogP) is 4.62. The third-order valence-electron chi connectivity index (χ3n) is 5.43. The zero-order chi connectivity index (χ0) is 22.7. The lowest BCUT2D eigenvalue weighted by atomic mass is 10.0. The number of rotatable bonds is 7. The Morgan fingerprint density at radius 1 is 1.38 bits per heavy atom. The van der Waals surface area contributed by atoms with E-state index in [4.69, 9.17) is 9.84 Å². The average molecular weight is 448 g/mol. The number of aliphatic hydroxyl groups is 1. The van der Waals surface area contributed by atoms with Crippen LogP contribution in [0.25, 0.3) is 21.0 Å². The Hall–Kier alpha value is -3.21. The number of nitrogens with one attached hydrogen (secondary N) is 1. The molecule has 2 aromatic carbocycles. The molecular weight excluding hydrogens is 422 g/mol. The van der Waals surface area contributed by atoms with E-state index in [1.54, 1.807) is 11.3 Å². The van der Waals surface area contributed by atoms with Gasteiger partial charge in [0, 0.05) is 18.2 Å². The monoisotopic (exact) mass is 447 g/mol. The van der Waals surface area contributed by atoms with Crippen LogP contribution in [-0.2, 0) is 11.2 Å². The molecule has 1 atom stereocenters. The largest absolute Gasteiger partial charge is 0.490 e. The van der Waals surface area contributed by atoms with Crippen molar-refractivity contribution in [1.29, 1.82) is 5.26 Å². The summed E-state index contributed by atoms with van der Waals surface area (Å²) < 4.78 is 5.72. The topological polar surface area (TPSA) is 95.2 Å². The number of hydrogen-bond acceptors (Lipinski definition) is 6. The second-order valence-corrected chi connectivity index (χ2v) is 9.06. The first kappa shape index (κ1) is 22.0. The molecule has 1 heterocycles. The van der Waals surface area contributed by atoms with Crippen molar-refractivity contribution in [2.75, 3.05) is 6.61 Å². The number of ether oxygens (including phenoxy) is 1. The molecule has 0 bridgehead atoms. The highest BCUT2D eigenvalue weighted by molar-refractivity contribution is 7.18. The molecule has 1 aromatic heterocycles. The van der Waals surface area contributed by atoms with E-state index >= 15 is 0 Å². The number of carbonyl (C=O) groups excluding carboxylic acids is 1. The van der Waals surface area contributed by atoms with Crippen LogP contribution in [0.4, 0.5) is 0 Å². The third kappa shape index (κ3) is 4.52. The van der Waals surface area contributed by atoms with Crippen LogP contribution in [0.5, 0.6) is 5.75 Å². The molecule has 1 aliphatic carbocycles. The van der Waals surface area contributed by atoms with Gasteiger partial charge in [-0.15, -0.1) is 11.3 Å². The Morgan fingerprint density at radius 3 is 2.97 bits per heavy atom. The van der Waals surface area contributed by atoms with E-state index in [9.17, 15) is 10.1 Å². The quantitative estimate of drug-likeness (QED) is 0.551. The molecule has 0 saturated carbocycles. The zero-order valence-electron chi connectivity index (χ0n) is 18.1. The predicted molar refractivity (Wildman–Crippen MR) is 124 cm³/mol. The fourth-order valence-electron chi connectivity index (χ4n) is 4.04. The summed E-state index contributed by atoms with van der Waals surface area (Å²) in [4.78, 5) is 17.6. The van der Waals surface area contributed by atoms with Gasteiger partial charge in [0.1, 0.15) is 16.8 Å². The maximum atomic E-state index is 11.9. The molecule has 0 aliphatic heterocycles. The number of thiazole rings is 1. The molecule has 3 aromatic rings. The van der Waals surface area contributed by atoms with E-state index in [0.717, 1.165) is 39.4 Å². The molecule has 1 amide bonds. The molecule has 2 N–H and O–H groups in total. The number of carbonyl (C=O) groups is 1. The summed E-state index contributed by atoms with van der Waals surface area (Å²) in [6, 6.07) is 13.9. The van der Waals surface area contributed by atoms with Crippen LogP contribution >= 0.6 is 11.3 Å². The number of benzene rings is 2. The van der Waals surface area contributed by atoms with Gasteiger partial charge in [0.2, 0.25) is 5.91 Å². The van der Waals surface area contributed by atoms with E-state index in [0.29, 0.717) is 11.3 Å². The fourth-order valence-corrected chi connectivity index (χ4v) is 5.01. The summed E-state index contributed by atoms with van der Waals surface area (Å²) >= 11 is 1.59. The van der Waals surface area contributed by atoms with Gasteiger partial charge in [0.15, 0.2) is 0 Å². The minimum absolute atomic E-state index is 0.00293. The van der Waals surface area contributed by atoms with Crippen LogP contribution < -0.4 is 10.1 Å². The van der Waals surface area contributed by atoms with Gasteiger partial charge in [-0.3, -0.25) is 4.79 Å². The number of nitriles is 1. The first-order chi connectivity index (χ1) is 15.5. The molecule has 0 fully saturated rings. The van der Waals surface area contributed by atoms with Crippen LogP contribution in [-0.4, -0.2) is 28.7 Å². The zero-order valence-corrected chi connectivity index (χ0v) is 18.9. The summed E-state index contributed by atoms with van der Waals surface area (Å²) in [7, 11) is 0. The highest BCUT2D eigenvalue weighted by Gasteiger charge is 2.26. The number of amides is 1. The van der Waals surface area contributed by atoms with Gasteiger partial charge in [-0.2, -0.15) is 5.26 Å². The Kier molecular flexibility index (Phi) is 6.54. The Labute approximate surface area is 191 Å². The molecule has 32 heavy (non-hydrogen) atoms. The van der Waals surface area contributed by atoms with Crippen LogP contribution in [0.1, 0.15) is 49.4 Å². The number of nitrogens with zero attached hydrogens (tertiary/aromatic N) is 2. The highest BCUT2D eigenvalue weighted by atomic mass is 32.1. The minimum Gasteiger partial charge on any atom is -0.490 e. The smallest absolute Gasteiger partial charge is 0.222 e. The molecule has 0 spiro atoms. The fraction of sp³-hybridized carbons (Fsp3) is 0.320. The van der Waals surface area contributed by atoms with Crippen LogP contribution in [0.3, 0.4) is 0 Å². The number of fused-ring (bicyclic) bond motifs is 1.